The van der Waals surface area contributed by atoms with Gasteiger partial charge in [0, 0.05) is 11.8 Å². The molecule has 0 radical (unpaired) electrons. The average Bonchev–Trinajstić information content (AvgIpc) is 2.94. The Hall–Kier alpha value is -2.42. The molecule has 0 N–H and O–H groups in total. The van der Waals surface area contributed by atoms with E-state index < -0.39 is 17.3 Å². The van der Waals surface area contributed by atoms with Crippen molar-refractivity contribution in [3.05, 3.63) is 71.8 Å². The van der Waals surface area contributed by atoms with Crippen LogP contribution < -0.4 is 0 Å². The Labute approximate surface area is 129 Å². The molecule has 0 bridgehead atoms. The first kappa shape index (κ1) is 14.5. The van der Waals surface area contributed by atoms with Gasteiger partial charge >= 0.3 is 5.97 Å². The maximum atomic E-state index is 12.4. The third-order valence-electron chi connectivity index (χ3n) is 4.56. The number of benzene rings is 2. The van der Waals surface area contributed by atoms with Crippen LogP contribution in [-0.4, -0.2) is 18.9 Å². The molecule has 2 aromatic carbocycles. The van der Waals surface area contributed by atoms with E-state index in [1.54, 1.807) is 0 Å². The van der Waals surface area contributed by atoms with Gasteiger partial charge in [-0.15, -0.1) is 0 Å². The molecule has 0 unspecified atom stereocenters. The van der Waals surface area contributed by atoms with E-state index in [2.05, 4.69) is 0 Å². The van der Waals surface area contributed by atoms with Gasteiger partial charge < -0.3 is 4.74 Å². The van der Waals surface area contributed by atoms with Crippen molar-refractivity contribution in [2.45, 2.75) is 18.3 Å². The van der Waals surface area contributed by atoms with Gasteiger partial charge in [0.1, 0.15) is 11.7 Å². The smallest absolute Gasteiger partial charge is 0.316 e. The van der Waals surface area contributed by atoms with E-state index in [-0.39, 0.29) is 5.78 Å². The molecule has 0 aromatic heterocycles. The Morgan fingerprint density at radius 3 is 1.95 bits per heavy atom. The fourth-order valence-corrected chi connectivity index (χ4v) is 3.43. The summed E-state index contributed by atoms with van der Waals surface area (Å²) in [6.45, 7) is 0. The van der Waals surface area contributed by atoms with Crippen LogP contribution >= 0.6 is 0 Å². The zero-order chi connectivity index (χ0) is 15.6. The van der Waals surface area contributed by atoms with Crippen molar-refractivity contribution in [3.8, 4) is 0 Å². The molecule has 1 fully saturated rings. The van der Waals surface area contributed by atoms with Gasteiger partial charge in [0.05, 0.1) is 7.11 Å². The number of esters is 1. The number of methoxy groups -OCH3 is 1. The number of carbonyl (C=O) groups is 2. The minimum atomic E-state index is -0.676. The summed E-state index contributed by atoms with van der Waals surface area (Å²) >= 11 is 0. The second-order valence-corrected chi connectivity index (χ2v) is 5.74. The van der Waals surface area contributed by atoms with Crippen molar-refractivity contribution in [1.29, 1.82) is 0 Å². The molecule has 1 aliphatic carbocycles. The second-order valence-electron chi connectivity index (χ2n) is 5.74. The number of carbonyl (C=O) groups excluding carboxylic acids is 2. The molecule has 3 nitrogen and oxygen atoms in total. The molecule has 1 saturated carbocycles. The lowest BCUT2D eigenvalue weighted by Crippen LogP contribution is -2.25. The summed E-state index contributed by atoms with van der Waals surface area (Å²) in [7, 11) is 1.33. The molecular formula is C19H18O3. The fourth-order valence-electron chi connectivity index (χ4n) is 3.43. The predicted molar refractivity (Wildman–Crippen MR) is 83.4 cm³/mol. The van der Waals surface area contributed by atoms with Crippen LogP contribution in [0.1, 0.15) is 24.0 Å². The zero-order valence-corrected chi connectivity index (χ0v) is 12.5. The summed E-state index contributed by atoms with van der Waals surface area (Å²) in [6.07, 6.45) is 0.799. The lowest BCUT2D eigenvalue weighted by Gasteiger charge is -2.30. The number of hydrogen-bond donors (Lipinski definition) is 0. The largest absolute Gasteiger partial charge is 0.468 e. The molecule has 0 heterocycles. The summed E-state index contributed by atoms with van der Waals surface area (Å²) in [6, 6.07) is 19.9. The highest BCUT2D eigenvalue weighted by atomic mass is 16.5. The van der Waals surface area contributed by atoms with Gasteiger partial charge in [0.25, 0.3) is 0 Å². The van der Waals surface area contributed by atoms with E-state index >= 15 is 0 Å². The molecule has 1 atom stereocenters. The Morgan fingerprint density at radius 2 is 1.50 bits per heavy atom. The third-order valence-corrected chi connectivity index (χ3v) is 4.56. The number of ketones is 1. The fraction of sp³-hybridized carbons (Fsp3) is 0.263. The normalized spacial score (nSPS) is 19.9. The molecule has 22 heavy (non-hydrogen) atoms. The van der Waals surface area contributed by atoms with Crippen LogP contribution in [-0.2, 0) is 19.7 Å². The van der Waals surface area contributed by atoms with E-state index in [1.165, 1.54) is 7.11 Å². The van der Waals surface area contributed by atoms with Gasteiger partial charge in [-0.2, -0.15) is 0 Å². The molecule has 3 rings (SSSR count). The molecule has 3 heteroatoms. The SMILES string of the molecule is COC(=O)[C@H]1CC(c2ccccc2)(c2ccccc2)CC1=O. The highest BCUT2D eigenvalue weighted by molar-refractivity contribution is 6.02. The predicted octanol–water partition coefficient (Wildman–Crippen LogP) is 3.12. The Balaban J connectivity index is 2.11. The van der Waals surface area contributed by atoms with E-state index in [4.69, 9.17) is 4.74 Å². The van der Waals surface area contributed by atoms with Gasteiger partial charge in [0.15, 0.2) is 0 Å². The average molecular weight is 294 g/mol. The van der Waals surface area contributed by atoms with Gasteiger partial charge in [-0.05, 0) is 17.5 Å². The summed E-state index contributed by atoms with van der Waals surface area (Å²) in [5, 5.41) is 0. The van der Waals surface area contributed by atoms with E-state index in [0.29, 0.717) is 12.8 Å². The summed E-state index contributed by atoms with van der Waals surface area (Å²) in [4.78, 5) is 24.4. The third kappa shape index (κ3) is 2.33. The van der Waals surface area contributed by atoms with Crippen molar-refractivity contribution >= 4 is 11.8 Å². The van der Waals surface area contributed by atoms with Gasteiger partial charge in [-0.25, -0.2) is 0 Å². The molecule has 0 aliphatic heterocycles. The highest BCUT2D eigenvalue weighted by Crippen LogP contribution is 2.47. The molecule has 112 valence electrons. The number of Topliss-reactive ketones (excluding diaryl/α,β-unsaturated/α-hetero) is 1. The van der Waals surface area contributed by atoms with Crippen LogP contribution in [0.4, 0.5) is 0 Å². The zero-order valence-electron chi connectivity index (χ0n) is 12.5. The summed E-state index contributed by atoms with van der Waals surface area (Å²) in [5.41, 5.74) is 1.69. The monoisotopic (exact) mass is 294 g/mol. The summed E-state index contributed by atoms with van der Waals surface area (Å²) < 4.78 is 4.81. The molecule has 0 saturated heterocycles. The van der Waals surface area contributed by atoms with Gasteiger partial charge in [-0.3, -0.25) is 9.59 Å². The first-order valence-corrected chi connectivity index (χ1v) is 7.39. The van der Waals surface area contributed by atoms with E-state index in [1.807, 2.05) is 60.7 Å². The topological polar surface area (TPSA) is 43.4 Å². The standard InChI is InChI=1S/C19H18O3/c1-22-18(21)16-12-19(13-17(16)20,14-8-4-2-5-9-14)15-10-6-3-7-11-15/h2-11,16H,12-13H2,1H3/t16-/m0/s1. The highest BCUT2D eigenvalue weighted by Gasteiger charge is 2.49. The second kappa shape index (κ2) is 5.76. The van der Waals surface area contributed by atoms with E-state index in [0.717, 1.165) is 11.1 Å². The van der Waals surface area contributed by atoms with Crippen LogP contribution in [0.25, 0.3) is 0 Å². The van der Waals surface area contributed by atoms with Crippen LogP contribution in [0.5, 0.6) is 0 Å². The van der Waals surface area contributed by atoms with Crippen molar-refractivity contribution in [2.75, 3.05) is 7.11 Å². The maximum absolute atomic E-state index is 12.4. The lowest BCUT2D eigenvalue weighted by molar-refractivity contribution is -0.148. The number of ether oxygens (including phenoxy) is 1. The van der Waals surface area contributed by atoms with Crippen LogP contribution in [0.15, 0.2) is 60.7 Å². The van der Waals surface area contributed by atoms with Crippen LogP contribution in [0.3, 0.4) is 0 Å². The van der Waals surface area contributed by atoms with Crippen LogP contribution in [0.2, 0.25) is 0 Å². The van der Waals surface area contributed by atoms with Crippen molar-refractivity contribution in [3.63, 3.8) is 0 Å². The lowest BCUT2D eigenvalue weighted by atomic mass is 9.72. The Morgan fingerprint density at radius 1 is 1.00 bits per heavy atom. The molecule has 1 aliphatic rings. The van der Waals surface area contributed by atoms with Gasteiger partial charge in [-0.1, -0.05) is 60.7 Å². The summed E-state index contributed by atoms with van der Waals surface area (Å²) in [5.74, 6) is -1.15. The number of rotatable bonds is 3. The quantitative estimate of drug-likeness (QED) is 0.645. The van der Waals surface area contributed by atoms with E-state index in [9.17, 15) is 9.59 Å². The van der Waals surface area contributed by atoms with Crippen LogP contribution in [0, 0.1) is 5.92 Å². The minimum Gasteiger partial charge on any atom is -0.468 e. The number of hydrogen-bond acceptors (Lipinski definition) is 3. The molecule has 2 aromatic rings. The Kier molecular flexibility index (Phi) is 3.80. The Bertz CT molecular complexity index is 637. The van der Waals surface area contributed by atoms with Gasteiger partial charge in [0.2, 0.25) is 0 Å². The maximum Gasteiger partial charge on any atom is 0.316 e. The first-order chi connectivity index (χ1) is 10.7. The molecule has 0 amide bonds. The first-order valence-electron chi connectivity index (χ1n) is 7.39. The molecule has 0 spiro atoms. The van der Waals surface area contributed by atoms with Crippen molar-refractivity contribution in [2.24, 2.45) is 5.92 Å². The van der Waals surface area contributed by atoms with Crippen molar-refractivity contribution < 1.29 is 14.3 Å². The minimum absolute atomic E-state index is 0.0421. The van der Waals surface area contributed by atoms with Crippen molar-refractivity contribution in [1.82, 2.24) is 0 Å². The molecular weight excluding hydrogens is 276 g/mol.